The highest BCUT2D eigenvalue weighted by molar-refractivity contribution is 9.10. The quantitative estimate of drug-likeness (QED) is 0.678. The number of benzene rings is 1. The smallest absolute Gasteiger partial charge is 0.404 e. The van der Waals surface area contributed by atoms with Crippen LogP contribution in [0.2, 0.25) is 0 Å². The van der Waals surface area contributed by atoms with Gasteiger partial charge in [-0.25, -0.2) is 4.98 Å². The van der Waals surface area contributed by atoms with Gasteiger partial charge in [-0.1, -0.05) is 15.9 Å². The number of pyridine rings is 1. The van der Waals surface area contributed by atoms with E-state index < -0.39 is 18.8 Å². The molecule has 0 aliphatic carbocycles. The Morgan fingerprint density at radius 1 is 1.22 bits per heavy atom. The topological polar surface area (TPSA) is 68.7 Å². The lowest BCUT2D eigenvalue weighted by Crippen LogP contribution is -2.19. The van der Waals surface area contributed by atoms with Crippen LogP contribution in [0.1, 0.15) is 19.4 Å². The number of halogens is 3. The predicted octanol–water partition coefficient (Wildman–Crippen LogP) is 5.02. The minimum Gasteiger partial charge on any atom is -0.493 e. The average molecular weight is 410 g/mol. The molecule has 1 aromatic heterocycles. The SMILES string of the molecule is CCOP(=O)(OCC)C(F)(F)c1cc2cc(O)ncc2cc1Br. The fourth-order valence-electron chi connectivity index (χ4n) is 2.07. The van der Waals surface area contributed by atoms with Gasteiger partial charge in [0.05, 0.1) is 13.2 Å². The third-order valence-electron chi connectivity index (χ3n) is 3.06. The van der Waals surface area contributed by atoms with Gasteiger partial charge in [0.1, 0.15) is 0 Å². The zero-order chi connectivity index (χ0) is 17.3. The van der Waals surface area contributed by atoms with E-state index in [-0.39, 0.29) is 23.6 Å². The molecule has 126 valence electrons. The van der Waals surface area contributed by atoms with E-state index >= 15 is 0 Å². The summed E-state index contributed by atoms with van der Waals surface area (Å²) in [6.07, 6.45) is 1.35. The molecular weight excluding hydrogens is 395 g/mol. The van der Waals surface area contributed by atoms with Gasteiger partial charge in [-0.2, -0.15) is 8.78 Å². The molecule has 0 aliphatic heterocycles. The lowest BCUT2D eigenvalue weighted by molar-refractivity contribution is 0.0356. The van der Waals surface area contributed by atoms with Gasteiger partial charge in [-0.05, 0) is 31.4 Å². The van der Waals surface area contributed by atoms with E-state index in [1.165, 1.54) is 32.2 Å². The Morgan fingerprint density at radius 3 is 2.39 bits per heavy atom. The molecule has 0 bridgehead atoms. The van der Waals surface area contributed by atoms with Crippen molar-refractivity contribution >= 4 is 34.3 Å². The molecule has 0 spiro atoms. The summed E-state index contributed by atoms with van der Waals surface area (Å²) in [5.41, 5.74) is -4.40. The monoisotopic (exact) mass is 409 g/mol. The Balaban J connectivity index is 2.64. The zero-order valence-corrected chi connectivity index (χ0v) is 14.9. The number of rotatable bonds is 6. The molecule has 0 aliphatic rings. The van der Waals surface area contributed by atoms with E-state index in [1.807, 2.05) is 0 Å². The summed E-state index contributed by atoms with van der Waals surface area (Å²) in [5.74, 6) is -0.299. The van der Waals surface area contributed by atoms with Crippen LogP contribution >= 0.6 is 23.5 Å². The Bertz CT molecular complexity index is 762. The van der Waals surface area contributed by atoms with Gasteiger partial charge in [0.25, 0.3) is 0 Å². The van der Waals surface area contributed by atoms with Crippen molar-refractivity contribution in [3.05, 3.63) is 34.4 Å². The van der Waals surface area contributed by atoms with Crippen molar-refractivity contribution in [1.82, 2.24) is 4.98 Å². The van der Waals surface area contributed by atoms with Crippen molar-refractivity contribution in [3.8, 4) is 5.88 Å². The van der Waals surface area contributed by atoms with Crippen LogP contribution in [-0.4, -0.2) is 23.3 Å². The van der Waals surface area contributed by atoms with Crippen molar-refractivity contribution in [1.29, 1.82) is 0 Å². The third kappa shape index (κ3) is 3.40. The first-order chi connectivity index (χ1) is 10.7. The van der Waals surface area contributed by atoms with Gasteiger partial charge in [-0.3, -0.25) is 4.57 Å². The number of fused-ring (bicyclic) bond motifs is 1. The molecule has 1 aromatic carbocycles. The van der Waals surface area contributed by atoms with Gasteiger partial charge >= 0.3 is 13.3 Å². The Hall–Kier alpha value is -1.08. The third-order valence-corrected chi connectivity index (χ3v) is 5.84. The molecule has 0 radical (unpaired) electrons. The maximum absolute atomic E-state index is 14.8. The average Bonchev–Trinajstić information content (AvgIpc) is 2.47. The van der Waals surface area contributed by atoms with Crippen LogP contribution in [0.4, 0.5) is 8.78 Å². The standard InChI is InChI=1S/C14H15BrF2NO4P/c1-3-21-23(20,22-4-2)14(16,17)11-5-9-7-13(19)18-8-10(9)6-12(11)15/h5-8H,3-4H2,1-2H3,(H,18,19). The molecule has 0 saturated heterocycles. The number of nitrogens with zero attached hydrogens (tertiary/aromatic N) is 1. The highest BCUT2D eigenvalue weighted by Gasteiger charge is 2.55. The normalized spacial score (nSPS) is 12.7. The van der Waals surface area contributed by atoms with Crippen LogP contribution in [0.3, 0.4) is 0 Å². The minimum atomic E-state index is -4.70. The fourth-order valence-corrected chi connectivity index (χ4v) is 4.39. The van der Waals surface area contributed by atoms with Crippen LogP contribution in [0.15, 0.2) is 28.9 Å². The van der Waals surface area contributed by atoms with Gasteiger partial charge in [0.2, 0.25) is 5.88 Å². The van der Waals surface area contributed by atoms with Crippen molar-refractivity contribution in [3.63, 3.8) is 0 Å². The largest absolute Gasteiger partial charge is 0.493 e. The van der Waals surface area contributed by atoms with Gasteiger partial charge in [0, 0.05) is 27.7 Å². The molecule has 0 atom stereocenters. The van der Waals surface area contributed by atoms with E-state index in [9.17, 15) is 18.5 Å². The lowest BCUT2D eigenvalue weighted by Gasteiger charge is -2.26. The van der Waals surface area contributed by atoms with Crippen molar-refractivity contribution < 1.29 is 27.5 Å². The number of hydrogen-bond acceptors (Lipinski definition) is 5. The number of aromatic hydroxyl groups is 1. The van der Waals surface area contributed by atoms with E-state index in [1.54, 1.807) is 0 Å². The molecular formula is C14H15BrF2NO4P. The molecule has 2 rings (SSSR count). The van der Waals surface area contributed by atoms with Crippen LogP contribution in [0.5, 0.6) is 5.88 Å². The molecule has 0 saturated carbocycles. The second kappa shape index (κ2) is 6.81. The van der Waals surface area contributed by atoms with E-state index in [4.69, 9.17) is 9.05 Å². The van der Waals surface area contributed by atoms with Crippen molar-refractivity contribution in [2.75, 3.05) is 13.2 Å². The van der Waals surface area contributed by atoms with Crippen molar-refractivity contribution in [2.24, 2.45) is 0 Å². The molecule has 23 heavy (non-hydrogen) atoms. The van der Waals surface area contributed by atoms with Gasteiger partial charge in [0.15, 0.2) is 0 Å². The first kappa shape index (κ1) is 18.3. The second-order valence-corrected chi connectivity index (χ2v) is 7.52. The van der Waals surface area contributed by atoms with E-state index in [0.29, 0.717) is 10.8 Å². The predicted molar refractivity (Wildman–Crippen MR) is 85.9 cm³/mol. The Morgan fingerprint density at radius 2 is 1.83 bits per heavy atom. The lowest BCUT2D eigenvalue weighted by atomic mass is 10.1. The highest BCUT2D eigenvalue weighted by Crippen LogP contribution is 2.67. The zero-order valence-electron chi connectivity index (χ0n) is 12.4. The molecule has 5 nitrogen and oxygen atoms in total. The first-order valence-corrected chi connectivity index (χ1v) is 9.14. The van der Waals surface area contributed by atoms with Gasteiger partial charge < -0.3 is 14.2 Å². The fraction of sp³-hybridized carbons (Fsp3) is 0.357. The van der Waals surface area contributed by atoms with Crippen LogP contribution < -0.4 is 0 Å². The summed E-state index contributed by atoms with van der Waals surface area (Å²) >= 11 is 3.06. The number of alkyl halides is 2. The Labute approximate surface area is 140 Å². The summed E-state index contributed by atoms with van der Waals surface area (Å²) in [5, 5.41) is 10.3. The maximum atomic E-state index is 14.8. The Kier molecular flexibility index (Phi) is 5.41. The summed E-state index contributed by atoms with van der Waals surface area (Å²) in [7, 11) is -4.70. The second-order valence-electron chi connectivity index (χ2n) is 4.60. The molecule has 0 fully saturated rings. The summed E-state index contributed by atoms with van der Waals surface area (Å²) in [4.78, 5) is 3.69. The van der Waals surface area contributed by atoms with E-state index in [2.05, 4.69) is 20.9 Å². The minimum absolute atomic E-state index is 0.0436. The molecule has 2 aromatic rings. The molecule has 0 amide bonds. The number of aromatic nitrogens is 1. The van der Waals surface area contributed by atoms with Crippen LogP contribution in [-0.2, 0) is 19.3 Å². The van der Waals surface area contributed by atoms with Crippen LogP contribution in [0, 0.1) is 0 Å². The molecule has 1 N–H and O–H groups in total. The molecule has 0 unspecified atom stereocenters. The van der Waals surface area contributed by atoms with Crippen molar-refractivity contribution in [2.45, 2.75) is 19.5 Å². The van der Waals surface area contributed by atoms with Gasteiger partial charge in [-0.15, -0.1) is 0 Å². The summed E-state index contributed by atoms with van der Waals surface area (Å²) in [6.45, 7) is 2.56. The molecule has 9 heteroatoms. The van der Waals surface area contributed by atoms with Crippen LogP contribution in [0.25, 0.3) is 10.8 Å². The first-order valence-electron chi connectivity index (χ1n) is 6.81. The maximum Gasteiger partial charge on any atom is 0.404 e. The summed E-state index contributed by atoms with van der Waals surface area (Å²) in [6, 6.07) is 3.78. The highest BCUT2D eigenvalue weighted by atomic mass is 79.9. The summed E-state index contributed by atoms with van der Waals surface area (Å²) < 4.78 is 51.8. The van der Waals surface area contributed by atoms with E-state index in [0.717, 1.165) is 6.07 Å². The number of hydrogen-bond donors (Lipinski definition) is 1. The molecule has 1 heterocycles.